The Balaban J connectivity index is 0.000000155. The van der Waals surface area contributed by atoms with Crippen molar-refractivity contribution in [2.75, 3.05) is 53.0 Å². The molecule has 35 heteroatoms. The van der Waals surface area contributed by atoms with Crippen LogP contribution >= 0.6 is 11.3 Å². The number of nitrogens with one attached hydrogen (secondary N) is 10. The molecule has 12 aromatic rings. The van der Waals surface area contributed by atoms with Gasteiger partial charge >= 0.3 is 18.1 Å². The van der Waals surface area contributed by atoms with Gasteiger partial charge in [0.1, 0.15) is 23.3 Å². The van der Waals surface area contributed by atoms with Crippen molar-refractivity contribution in [3.05, 3.63) is 221 Å². The first-order valence-electron chi connectivity index (χ1n) is 48.5. The van der Waals surface area contributed by atoms with E-state index in [9.17, 15) is 57.5 Å². The number of carbonyl (C=O) groups excluding carboxylic acids is 12. The number of para-hydroxylation sites is 3. The molecule has 6 aliphatic rings. The fourth-order valence-electron chi connectivity index (χ4n) is 22.9. The fraction of sp³-hybridized carbons (Fsp3) is 0.413. The minimum Gasteiger partial charge on any atom is -0.352 e. The zero-order valence-electron chi connectivity index (χ0n) is 85.6. The van der Waals surface area contributed by atoms with Gasteiger partial charge in [0.2, 0.25) is 59.1 Å². The highest BCUT2D eigenvalue weighted by Gasteiger charge is 2.66. The third kappa shape index (κ3) is 20.7. The molecule has 3 aliphatic heterocycles. The minimum atomic E-state index is -0.865. The second kappa shape index (κ2) is 37.8. The van der Waals surface area contributed by atoms with Crippen LogP contribution in [0.2, 0.25) is 0 Å². The van der Waals surface area contributed by atoms with E-state index >= 15 is 0 Å². The number of amides is 15. The Morgan fingerprint density at radius 3 is 1.03 bits per heavy atom. The topological polar surface area (TPSA) is 431 Å². The number of piperidine rings is 3. The molecule has 6 aromatic heterocycles. The van der Waals surface area contributed by atoms with Gasteiger partial charge < -0.3 is 20.9 Å². The van der Waals surface area contributed by atoms with E-state index in [0.29, 0.717) is 92.1 Å². The Morgan fingerprint density at radius 2 is 0.681 bits per heavy atom. The van der Waals surface area contributed by atoms with E-state index in [1.807, 2.05) is 244 Å². The highest BCUT2D eigenvalue weighted by molar-refractivity contribution is 7.14. The van der Waals surface area contributed by atoms with Crippen molar-refractivity contribution in [1.82, 2.24) is 79.9 Å². The molecule has 34 nitrogen and oxygen atoms in total. The Hall–Kier alpha value is -14.9. The van der Waals surface area contributed by atoms with Crippen LogP contribution in [0, 0.1) is 48.7 Å². The Kier molecular flexibility index (Phi) is 26.8. The highest BCUT2D eigenvalue weighted by atomic mass is 32.1. The summed E-state index contributed by atoms with van der Waals surface area (Å²) >= 11 is 1.35. The third-order valence-electron chi connectivity index (χ3n) is 28.9. The number of urea groups is 3. The number of fused-ring (bicyclic) bond motifs is 8. The summed E-state index contributed by atoms with van der Waals surface area (Å²) in [5.74, 6) is 0.403. The maximum absolute atomic E-state index is 13.6. The fourth-order valence-corrected chi connectivity index (χ4v) is 23.7. The summed E-state index contributed by atoms with van der Waals surface area (Å²) in [6, 6.07) is 55.6. The van der Waals surface area contributed by atoms with E-state index < -0.39 is 66.8 Å². The van der Waals surface area contributed by atoms with Crippen molar-refractivity contribution in [3.63, 3.8) is 0 Å². The number of likely N-dealkylation sites (tertiary alicyclic amines) is 3. The molecule has 6 unspecified atom stereocenters. The van der Waals surface area contributed by atoms with Crippen LogP contribution in [0.1, 0.15) is 216 Å². The molecule has 752 valence electrons. The smallest absolute Gasteiger partial charge is 0.327 e. The summed E-state index contributed by atoms with van der Waals surface area (Å²) in [6.07, 6.45) is 3.65. The molecular weight excluding hydrogens is 1840 g/mol. The van der Waals surface area contributed by atoms with Crippen LogP contribution in [0.25, 0.3) is 50.3 Å². The summed E-state index contributed by atoms with van der Waals surface area (Å²) < 4.78 is 5.05. The number of pyridine rings is 1. The number of nitrogens with zero attached hydrogens (tertiary/aromatic N) is 12. The number of aromatic amines is 1. The lowest BCUT2D eigenvalue weighted by Gasteiger charge is -2.55. The van der Waals surface area contributed by atoms with Crippen molar-refractivity contribution in [3.8, 4) is 28.3 Å². The Labute approximate surface area is 841 Å². The zero-order valence-corrected chi connectivity index (χ0v) is 86.4. The van der Waals surface area contributed by atoms with Gasteiger partial charge in [0.25, 0.3) is 0 Å². The predicted molar refractivity (Wildman–Crippen MR) is 553 cm³/mol. The molecule has 9 heterocycles. The average molecular weight is 1970 g/mol. The van der Waals surface area contributed by atoms with Gasteiger partial charge in [-0.05, 0) is 141 Å². The number of carbonyl (C=O) groups is 12. The summed E-state index contributed by atoms with van der Waals surface area (Å²) in [4.78, 5) is 179. The van der Waals surface area contributed by atoms with Gasteiger partial charge in [-0.15, -0.1) is 11.3 Å². The largest absolute Gasteiger partial charge is 0.352 e. The molecule has 10 N–H and O–H groups in total. The molecule has 0 radical (unpaired) electrons. The third-order valence-corrected chi connectivity index (χ3v) is 29.7. The van der Waals surface area contributed by atoms with E-state index in [1.165, 1.54) is 47.2 Å². The summed E-state index contributed by atoms with van der Waals surface area (Å²) in [5.41, 5.74) is 3.27. The quantitative estimate of drug-likeness (QED) is 0.0336. The number of imide groups is 3. The number of hydrogen-bond donors (Lipinski definition) is 10. The minimum absolute atomic E-state index is 0.172. The average Bonchev–Trinajstić information content (AvgIpc) is 1.67. The number of imidazole rings is 1. The number of thiazole rings is 1. The number of H-pyrrole nitrogens is 1. The number of rotatable bonds is 19. The highest BCUT2D eigenvalue weighted by Crippen LogP contribution is 2.62. The Bertz CT molecular complexity index is 6980. The second-order valence-electron chi connectivity index (χ2n) is 45.6. The van der Waals surface area contributed by atoms with Gasteiger partial charge in [-0.25, -0.2) is 43.4 Å². The molecule has 6 fully saturated rings. The SMILES string of the molecule is CN1C(=O)C2(C)CC(C)(C(=O)NCc3ccc(-n4nc(C(C)(C)C)cc4NC(=O)Nc4ccc5ccccc5n4)cc3)CC(C)(C2)C1=O.CN1C(=O)C2(C)CC(C)(C(=O)NCc3ccc(-n4nc(C(C)(C)C)cc4NC(=O)Nc4nc(-c5ccccc5)cs4)cc3)CC(C)(C2)C1=O.CN1C(=O)C2(C)CC(C)(C(=O)NCc3ccc(-n4nc(C(C)(C)C)cc4NC(=O)Nc4nc5ccccc5[nH]4)cc3)CC(C)(C2)C1=O. The first-order chi connectivity index (χ1) is 67.5. The van der Waals surface area contributed by atoms with Crippen molar-refractivity contribution in [2.45, 2.75) is 218 Å². The standard InChI is InChI=1S/C37H43N7O4S.C37H43N7O4.C35H42N8O4/c1-34(2,3)27-17-28(40-32(48)41-33-39-26(19-49-33)24-11-9-8-10-12-24)44(42-27)25-15-13-23(14-16-25)18-38-29(45)35(4)20-36(5)22-37(6,21-35)31(47)43(7)30(36)46;1-34(2,3)27-18-29(41-33(48)40-28-17-14-24-10-8-9-11-26(24)39-28)44(42-27)25-15-12-23(13-16-25)19-38-30(45)35(4)20-36(5)22-37(6,21-35)32(47)43(7)31(36)46;1-32(2,3)25-16-26(39-31(47)40-30-37-23-10-8-9-11-24(23)38-30)43(41-25)22-14-12-21(13-15-22)17-36-27(44)33(4)18-34(5)20-35(6,19-33)29(46)42(7)28(34)45/h8-17,19H,18,20-22H2,1-7H3,(H,38,45)(H2,39,40,41,48);8-18H,19-22H2,1-7H3,(H,38,45)(H2,39,40,41,48);8-16H,17-20H2,1-7H3,(H,36,44)(H3,37,38,39,40,47). The maximum atomic E-state index is 13.6. The maximum Gasteiger partial charge on any atom is 0.327 e. The molecule has 144 heavy (non-hydrogen) atoms. The zero-order chi connectivity index (χ0) is 104. The molecule has 3 aliphatic carbocycles. The van der Waals surface area contributed by atoms with Gasteiger partial charge in [0.15, 0.2) is 5.13 Å². The van der Waals surface area contributed by atoms with E-state index in [1.54, 1.807) is 20.1 Å². The van der Waals surface area contributed by atoms with Gasteiger partial charge in [-0.1, -0.05) is 222 Å². The van der Waals surface area contributed by atoms with Crippen LogP contribution < -0.4 is 47.9 Å². The summed E-state index contributed by atoms with van der Waals surface area (Å²) in [6.45, 7) is 36.1. The molecule has 6 atom stereocenters. The van der Waals surface area contributed by atoms with E-state index in [4.69, 9.17) is 15.3 Å². The molecular formula is C109H128N22O12S. The Morgan fingerprint density at radius 1 is 0.354 bits per heavy atom. The molecule has 3 saturated carbocycles. The second-order valence-corrected chi connectivity index (χ2v) is 46.4. The number of benzene rings is 6. The lowest BCUT2D eigenvalue weighted by Crippen LogP contribution is -2.63. The molecule has 0 spiro atoms. The van der Waals surface area contributed by atoms with Crippen LogP contribution in [-0.2, 0) is 79.0 Å². The first-order valence-corrected chi connectivity index (χ1v) is 49.4. The summed E-state index contributed by atoms with van der Waals surface area (Å²) in [7, 11) is 4.62. The van der Waals surface area contributed by atoms with E-state index in [0.717, 1.165) is 84.0 Å². The first kappa shape index (κ1) is 102. The number of anilines is 6. The molecule has 15 amide bonds. The lowest BCUT2D eigenvalue weighted by atomic mass is 9.51. The van der Waals surface area contributed by atoms with Gasteiger partial charge in [0.05, 0.1) is 56.4 Å². The normalized spacial score (nSPS) is 24.0. The molecule has 3 saturated heterocycles. The lowest BCUT2D eigenvalue weighted by molar-refractivity contribution is -0.179. The molecule has 6 aromatic carbocycles. The van der Waals surface area contributed by atoms with Crippen molar-refractivity contribution >= 4 is 139 Å². The van der Waals surface area contributed by atoms with Crippen molar-refractivity contribution in [1.29, 1.82) is 0 Å². The van der Waals surface area contributed by atoms with Crippen LogP contribution in [0.4, 0.5) is 48.7 Å². The van der Waals surface area contributed by atoms with Crippen LogP contribution in [0.15, 0.2) is 187 Å². The van der Waals surface area contributed by atoms with Crippen LogP contribution in [0.3, 0.4) is 0 Å². The van der Waals surface area contributed by atoms with Gasteiger partial charge in [-0.2, -0.15) is 15.3 Å². The number of hydrogen-bond acceptors (Lipinski definition) is 19. The monoisotopic (exact) mass is 1970 g/mol. The number of aromatic nitrogens is 10. The van der Waals surface area contributed by atoms with E-state index in [2.05, 4.69) is 130 Å². The molecule has 6 bridgehead atoms. The molecule has 18 rings (SSSR count). The van der Waals surface area contributed by atoms with Gasteiger partial charge in [-0.3, -0.25) is 89.8 Å². The van der Waals surface area contributed by atoms with Crippen molar-refractivity contribution < 1.29 is 57.5 Å². The van der Waals surface area contributed by atoms with Gasteiger partial charge in [0, 0.05) is 140 Å². The van der Waals surface area contributed by atoms with Crippen molar-refractivity contribution in [2.24, 2.45) is 48.7 Å². The van der Waals surface area contributed by atoms with Crippen LogP contribution in [0.5, 0.6) is 0 Å². The van der Waals surface area contributed by atoms with Crippen LogP contribution in [-0.4, -0.2) is 156 Å². The predicted octanol–water partition coefficient (Wildman–Crippen LogP) is 18.4. The van der Waals surface area contributed by atoms with E-state index in [-0.39, 0.29) is 89.0 Å². The summed E-state index contributed by atoms with van der Waals surface area (Å²) in [5, 5.41) is 44.2.